The molecule has 1 amide bonds. The molecule has 0 saturated carbocycles. The minimum absolute atomic E-state index is 0.0265. The molecule has 3 aromatic rings. The van der Waals surface area contributed by atoms with Crippen LogP contribution in [0.1, 0.15) is 47.4 Å². The van der Waals surface area contributed by atoms with E-state index in [1.54, 1.807) is 30.6 Å². The van der Waals surface area contributed by atoms with Gasteiger partial charge in [0.05, 0.1) is 5.56 Å². The van der Waals surface area contributed by atoms with E-state index in [1.165, 1.54) is 4.52 Å². The number of carbonyl (C=O) groups is 1. The van der Waals surface area contributed by atoms with E-state index in [9.17, 15) is 9.59 Å². The highest BCUT2D eigenvalue weighted by molar-refractivity contribution is 5.93. The zero-order chi connectivity index (χ0) is 18.1. The third kappa shape index (κ3) is 3.00. The number of hydrogen-bond acceptors (Lipinski definition) is 4. The van der Waals surface area contributed by atoms with Crippen LogP contribution in [0.3, 0.4) is 0 Å². The van der Waals surface area contributed by atoms with Crippen molar-refractivity contribution in [2.24, 2.45) is 0 Å². The van der Waals surface area contributed by atoms with Crippen LogP contribution in [0.25, 0.3) is 5.65 Å². The predicted molar refractivity (Wildman–Crippen MR) is 97.3 cm³/mol. The van der Waals surface area contributed by atoms with Gasteiger partial charge in [-0.2, -0.15) is 0 Å². The first-order valence-electron chi connectivity index (χ1n) is 8.96. The number of aryl methyl sites for hydroxylation is 1. The van der Waals surface area contributed by atoms with E-state index in [4.69, 9.17) is 0 Å². The van der Waals surface area contributed by atoms with Crippen molar-refractivity contribution in [1.82, 2.24) is 24.5 Å². The molecule has 0 radical (unpaired) electrons. The van der Waals surface area contributed by atoms with Gasteiger partial charge in [0.1, 0.15) is 0 Å². The number of piperidine rings is 1. The van der Waals surface area contributed by atoms with Gasteiger partial charge in [0.15, 0.2) is 5.65 Å². The molecule has 0 bridgehead atoms. The maximum atomic E-state index is 12.5. The number of nitrogens with zero attached hydrogens (tertiary/aromatic N) is 4. The number of nitrogens with one attached hydrogen (secondary N) is 1. The number of aromatic amines is 1. The normalized spacial score (nSPS) is 15.5. The van der Waals surface area contributed by atoms with Crippen LogP contribution in [-0.2, 0) is 6.42 Å². The monoisotopic (exact) mass is 351 g/mol. The van der Waals surface area contributed by atoms with Crippen molar-refractivity contribution in [3.8, 4) is 0 Å². The summed E-state index contributed by atoms with van der Waals surface area (Å²) >= 11 is 0. The van der Waals surface area contributed by atoms with Crippen LogP contribution in [0, 0.1) is 0 Å². The van der Waals surface area contributed by atoms with Crippen LogP contribution >= 0.6 is 0 Å². The van der Waals surface area contributed by atoms with Crippen molar-refractivity contribution in [3.05, 3.63) is 64.0 Å². The van der Waals surface area contributed by atoms with Gasteiger partial charge in [-0.05, 0) is 31.4 Å². The molecule has 1 aliphatic rings. The Hall–Kier alpha value is -2.96. The number of carbonyl (C=O) groups excluding carboxylic acids is 1. The van der Waals surface area contributed by atoms with Crippen molar-refractivity contribution in [3.63, 3.8) is 0 Å². The molecule has 1 fully saturated rings. The summed E-state index contributed by atoms with van der Waals surface area (Å²) in [6.45, 7) is 3.37. The van der Waals surface area contributed by atoms with Crippen molar-refractivity contribution < 1.29 is 4.79 Å². The summed E-state index contributed by atoms with van der Waals surface area (Å²) in [5, 5.41) is 3.19. The SMILES string of the molecule is CCc1cc(=O)n2[nH]c(C3CCN(C(=O)c4cccnc4)CC3)cc2n1. The van der Waals surface area contributed by atoms with E-state index in [-0.39, 0.29) is 11.5 Å². The Kier molecular flexibility index (Phi) is 4.28. The first-order valence-corrected chi connectivity index (χ1v) is 8.96. The van der Waals surface area contributed by atoms with E-state index in [1.807, 2.05) is 17.9 Å². The van der Waals surface area contributed by atoms with E-state index in [2.05, 4.69) is 15.1 Å². The molecule has 0 atom stereocenters. The number of fused-ring (bicyclic) bond motifs is 1. The molecule has 1 N–H and O–H groups in total. The number of amides is 1. The average molecular weight is 351 g/mol. The Morgan fingerprint density at radius 3 is 2.81 bits per heavy atom. The van der Waals surface area contributed by atoms with Crippen LogP contribution in [0.4, 0.5) is 0 Å². The minimum atomic E-state index is -0.0812. The highest BCUT2D eigenvalue weighted by Gasteiger charge is 2.26. The van der Waals surface area contributed by atoms with E-state index in [0.717, 1.165) is 30.7 Å². The Morgan fingerprint density at radius 2 is 2.12 bits per heavy atom. The van der Waals surface area contributed by atoms with Crippen LogP contribution in [0.15, 0.2) is 41.5 Å². The molecule has 0 aromatic carbocycles. The lowest BCUT2D eigenvalue weighted by Crippen LogP contribution is -2.38. The lowest BCUT2D eigenvalue weighted by atomic mass is 9.93. The van der Waals surface area contributed by atoms with Gasteiger partial charge in [0.2, 0.25) is 0 Å². The summed E-state index contributed by atoms with van der Waals surface area (Å²) in [6.07, 6.45) is 5.72. The lowest BCUT2D eigenvalue weighted by molar-refractivity contribution is 0.0711. The molecule has 0 spiro atoms. The number of pyridine rings is 1. The lowest BCUT2D eigenvalue weighted by Gasteiger charge is -2.31. The third-order valence-corrected chi connectivity index (χ3v) is 5.02. The number of likely N-dealkylation sites (tertiary alicyclic amines) is 1. The first-order chi connectivity index (χ1) is 12.7. The van der Waals surface area contributed by atoms with Crippen molar-refractivity contribution >= 4 is 11.6 Å². The molecular formula is C19H21N5O2. The zero-order valence-electron chi connectivity index (χ0n) is 14.7. The van der Waals surface area contributed by atoms with Gasteiger partial charge < -0.3 is 4.90 Å². The van der Waals surface area contributed by atoms with Crippen molar-refractivity contribution in [2.75, 3.05) is 13.1 Å². The second-order valence-electron chi connectivity index (χ2n) is 6.65. The van der Waals surface area contributed by atoms with Crippen LogP contribution < -0.4 is 5.56 Å². The van der Waals surface area contributed by atoms with Gasteiger partial charge in [-0.1, -0.05) is 6.92 Å². The second-order valence-corrected chi connectivity index (χ2v) is 6.65. The van der Waals surface area contributed by atoms with Gasteiger partial charge in [0.25, 0.3) is 11.5 Å². The molecule has 26 heavy (non-hydrogen) atoms. The fourth-order valence-electron chi connectivity index (χ4n) is 3.51. The zero-order valence-corrected chi connectivity index (χ0v) is 14.7. The summed E-state index contributed by atoms with van der Waals surface area (Å²) < 4.78 is 1.50. The third-order valence-electron chi connectivity index (χ3n) is 5.02. The molecule has 1 aliphatic heterocycles. The number of hydrogen-bond donors (Lipinski definition) is 1. The summed E-state index contributed by atoms with van der Waals surface area (Å²) in [7, 11) is 0. The second kappa shape index (κ2) is 6.74. The fraction of sp³-hybridized carbons (Fsp3) is 0.368. The average Bonchev–Trinajstić information content (AvgIpc) is 3.13. The molecule has 7 heteroatoms. The van der Waals surface area contributed by atoms with E-state index >= 15 is 0 Å². The summed E-state index contributed by atoms with van der Waals surface area (Å²) in [6, 6.07) is 7.11. The summed E-state index contributed by atoms with van der Waals surface area (Å²) in [5.74, 6) is 0.317. The van der Waals surface area contributed by atoms with Gasteiger partial charge in [0, 0.05) is 54.9 Å². The Morgan fingerprint density at radius 1 is 1.31 bits per heavy atom. The molecule has 1 saturated heterocycles. The molecule has 7 nitrogen and oxygen atoms in total. The molecular weight excluding hydrogens is 330 g/mol. The number of aromatic nitrogens is 4. The summed E-state index contributed by atoms with van der Waals surface area (Å²) in [4.78, 5) is 35.1. The minimum Gasteiger partial charge on any atom is -0.339 e. The predicted octanol–water partition coefficient (Wildman–Crippen LogP) is 2.00. The number of rotatable bonds is 3. The Bertz CT molecular complexity index is 984. The van der Waals surface area contributed by atoms with E-state index in [0.29, 0.717) is 30.2 Å². The van der Waals surface area contributed by atoms with Crippen LogP contribution in [-0.4, -0.2) is 43.5 Å². The maximum Gasteiger partial charge on any atom is 0.272 e. The Labute approximate surface area is 150 Å². The van der Waals surface area contributed by atoms with E-state index < -0.39 is 0 Å². The standard InChI is InChI=1S/C19H21N5O2/c1-2-15-10-18(25)24-17(21-15)11-16(22-24)13-5-8-23(9-6-13)19(26)14-4-3-7-20-12-14/h3-4,7,10-13,22H,2,5-6,8-9H2,1H3. The molecule has 3 aromatic heterocycles. The van der Waals surface area contributed by atoms with Gasteiger partial charge in [-0.3, -0.25) is 19.7 Å². The van der Waals surface area contributed by atoms with Gasteiger partial charge >= 0.3 is 0 Å². The van der Waals surface area contributed by atoms with Gasteiger partial charge in [-0.25, -0.2) is 9.50 Å². The Balaban J connectivity index is 1.50. The molecule has 4 rings (SSSR count). The fourth-order valence-corrected chi connectivity index (χ4v) is 3.51. The molecule has 0 unspecified atom stereocenters. The number of H-pyrrole nitrogens is 1. The van der Waals surface area contributed by atoms with Gasteiger partial charge in [-0.15, -0.1) is 0 Å². The first kappa shape index (κ1) is 16.5. The molecule has 4 heterocycles. The van der Waals surface area contributed by atoms with Crippen molar-refractivity contribution in [1.29, 1.82) is 0 Å². The van der Waals surface area contributed by atoms with Crippen molar-refractivity contribution in [2.45, 2.75) is 32.1 Å². The molecule has 134 valence electrons. The van der Waals surface area contributed by atoms with Crippen LogP contribution in [0.2, 0.25) is 0 Å². The topological polar surface area (TPSA) is 83.4 Å². The van der Waals surface area contributed by atoms with Crippen LogP contribution in [0.5, 0.6) is 0 Å². The maximum absolute atomic E-state index is 12.5. The highest BCUT2D eigenvalue weighted by Crippen LogP contribution is 2.28. The summed E-state index contributed by atoms with van der Waals surface area (Å²) in [5.41, 5.74) is 3.02. The smallest absolute Gasteiger partial charge is 0.272 e. The highest BCUT2D eigenvalue weighted by atomic mass is 16.2. The molecule has 0 aliphatic carbocycles. The largest absolute Gasteiger partial charge is 0.339 e. The quantitative estimate of drug-likeness (QED) is 0.782.